The van der Waals surface area contributed by atoms with Gasteiger partial charge in [0.25, 0.3) is 0 Å². The van der Waals surface area contributed by atoms with Crippen molar-refractivity contribution in [3.8, 4) is 0 Å². The molecule has 0 N–H and O–H groups in total. The van der Waals surface area contributed by atoms with Gasteiger partial charge in [0.05, 0.1) is 0 Å². The summed E-state index contributed by atoms with van der Waals surface area (Å²) in [7, 11) is 0. The van der Waals surface area contributed by atoms with Gasteiger partial charge in [0, 0.05) is 24.4 Å². The van der Waals surface area contributed by atoms with Crippen molar-refractivity contribution in [3.05, 3.63) is 108 Å². The van der Waals surface area contributed by atoms with Gasteiger partial charge in [-0.25, -0.2) is 0 Å². The summed E-state index contributed by atoms with van der Waals surface area (Å²) in [6, 6.07) is 32.5. The van der Waals surface area contributed by atoms with Crippen molar-refractivity contribution in [3.63, 3.8) is 0 Å². The van der Waals surface area contributed by atoms with Crippen LogP contribution in [-0.2, 0) is 0 Å². The largest absolute Gasteiger partial charge is 1.00 e. The van der Waals surface area contributed by atoms with Gasteiger partial charge in [0.15, 0.2) is 0 Å². The molecule has 24 heavy (non-hydrogen) atoms. The van der Waals surface area contributed by atoms with Crippen molar-refractivity contribution in [2.75, 3.05) is 0 Å². The summed E-state index contributed by atoms with van der Waals surface area (Å²) in [5, 5.41) is 0. The standard InChI is InChI=1S/3C7H7.2BrH.Sb/c3*1-7-5-3-2-4-6-7;;;/h3*2-3,5-6H,1H3;2*1H;/p-2. The van der Waals surface area contributed by atoms with Crippen LogP contribution in [-0.4, -0.2) is 24.4 Å². The Labute approximate surface area is 185 Å². The zero-order chi connectivity index (χ0) is 15.3. The van der Waals surface area contributed by atoms with Crippen LogP contribution < -0.4 is 34.0 Å². The Morgan fingerprint density at radius 3 is 0.875 bits per heavy atom. The van der Waals surface area contributed by atoms with Gasteiger partial charge < -0.3 is 34.0 Å². The van der Waals surface area contributed by atoms with E-state index in [1.807, 2.05) is 54.6 Å². The summed E-state index contributed by atoms with van der Waals surface area (Å²) >= 11 is 0. The van der Waals surface area contributed by atoms with E-state index in [4.69, 9.17) is 0 Å². The zero-order valence-electron chi connectivity index (χ0n) is 14.1. The summed E-state index contributed by atoms with van der Waals surface area (Å²) in [6.07, 6.45) is 0. The Bertz CT molecular complexity index is 495. The predicted octanol–water partition coefficient (Wildman–Crippen LogP) is -0.987. The van der Waals surface area contributed by atoms with Crippen molar-refractivity contribution in [1.29, 1.82) is 0 Å². The van der Waals surface area contributed by atoms with Gasteiger partial charge in [0.2, 0.25) is 0 Å². The molecule has 0 unspecified atom stereocenters. The molecule has 3 aromatic carbocycles. The van der Waals surface area contributed by atoms with Gasteiger partial charge in [-0.05, 0) is 39.0 Å². The fraction of sp³-hybridized carbons (Fsp3) is 0.143. The summed E-state index contributed by atoms with van der Waals surface area (Å²) in [5.74, 6) is 0. The minimum absolute atomic E-state index is 0. The van der Waals surface area contributed by atoms with Crippen molar-refractivity contribution in [2.45, 2.75) is 20.8 Å². The second-order valence-electron chi connectivity index (χ2n) is 4.74. The van der Waals surface area contributed by atoms with E-state index >= 15 is 0 Å². The third-order valence-corrected chi connectivity index (χ3v) is 2.59. The predicted molar refractivity (Wildman–Crippen MR) is 95.8 cm³/mol. The molecule has 0 atom stereocenters. The molecule has 6 radical (unpaired) electrons. The van der Waals surface area contributed by atoms with Gasteiger partial charge in [-0.2, -0.15) is 0 Å². The Balaban J connectivity index is -0.000000259. The third-order valence-electron chi connectivity index (χ3n) is 2.59. The first kappa shape index (κ1) is 28.2. The smallest absolute Gasteiger partial charge is 0 e. The molecule has 0 nitrogen and oxygen atoms in total. The summed E-state index contributed by atoms with van der Waals surface area (Å²) in [5.41, 5.74) is 3.80. The zero-order valence-corrected chi connectivity index (χ0v) is 19.9. The first-order valence-electron chi connectivity index (χ1n) is 6.96. The van der Waals surface area contributed by atoms with Crippen LogP contribution in [0.2, 0.25) is 0 Å². The first-order chi connectivity index (χ1) is 10.2. The molecule has 0 aliphatic heterocycles. The third kappa shape index (κ3) is 16.3. The van der Waals surface area contributed by atoms with E-state index in [9.17, 15) is 0 Å². The monoisotopic (exact) mass is 552 g/mol. The van der Waals surface area contributed by atoms with E-state index in [1.165, 1.54) is 16.7 Å². The van der Waals surface area contributed by atoms with Crippen molar-refractivity contribution in [1.82, 2.24) is 0 Å². The van der Waals surface area contributed by atoms with Gasteiger partial charge in [-0.1, -0.05) is 89.5 Å². The maximum Gasteiger partial charge on any atom is 0 e. The van der Waals surface area contributed by atoms with Crippen LogP contribution in [0.25, 0.3) is 0 Å². The van der Waals surface area contributed by atoms with E-state index < -0.39 is 0 Å². The molecule has 0 saturated heterocycles. The van der Waals surface area contributed by atoms with E-state index in [0.29, 0.717) is 0 Å². The van der Waals surface area contributed by atoms with Crippen molar-refractivity contribution >= 4 is 24.4 Å². The van der Waals surface area contributed by atoms with Crippen LogP contribution >= 0.6 is 0 Å². The SMILES string of the molecule is Cc1c[c]ccc1.Cc1c[c]ccc1.Cc1c[c]ccc1.[Br-].[Br-].[Sb]. The number of hydrogen-bond donors (Lipinski definition) is 0. The summed E-state index contributed by atoms with van der Waals surface area (Å²) in [6.45, 7) is 6.16. The molecule has 0 heterocycles. The van der Waals surface area contributed by atoms with E-state index in [-0.39, 0.29) is 58.4 Å². The minimum Gasteiger partial charge on any atom is -1.00 e. The van der Waals surface area contributed by atoms with E-state index in [1.54, 1.807) is 0 Å². The Kier molecular flexibility index (Phi) is 22.1. The van der Waals surface area contributed by atoms with Gasteiger partial charge >= 0.3 is 0 Å². The second-order valence-corrected chi connectivity index (χ2v) is 4.74. The van der Waals surface area contributed by atoms with Crippen LogP contribution in [0.5, 0.6) is 0 Å². The fourth-order valence-corrected chi connectivity index (χ4v) is 1.45. The maximum absolute atomic E-state index is 2.96. The quantitative estimate of drug-likeness (QED) is 0.313. The Morgan fingerprint density at radius 1 is 0.542 bits per heavy atom. The number of halogens is 2. The summed E-state index contributed by atoms with van der Waals surface area (Å²) in [4.78, 5) is 0. The fourth-order valence-electron chi connectivity index (χ4n) is 1.45. The number of benzene rings is 3. The molecule has 3 heteroatoms. The topological polar surface area (TPSA) is 0 Å². The maximum atomic E-state index is 2.96. The van der Waals surface area contributed by atoms with Crippen LogP contribution in [0.3, 0.4) is 0 Å². The molecule has 3 rings (SSSR count). The molecule has 0 aliphatic rings. The molecule has 0 amide bonds. The van der Waals surface area contributed by atoms with E-state index in [0.717, 1.165) is 0 Å². The van der Waals surface area contributed by atoms with Crippen molar-refractivity contribution < 1.29 is 34.0 Å². The van der Waals surface area contributed by atoms with Crippen molar-refractivity contribution in [2.24, 2.45) is 0 Å². The molecule has 0 fully saturated rings. The van der Waals surface area contributed by atoms with Gasteiger partial charge in [0.1, 0.15) is 0 Å². The molecule has 3 aromatic rings. The van der Waals surface area contributed by atoms with Gasteiger partial charge in [-0.15, -0.1) is 0 Å². The molecule has 0 aromatic heterocycles. The average Bonchev–Trinajstić information content (AvgIpc) is 2.51. The molecule has 0 saturated carbocycles. The molecular formula is C21H21Br2Sb-2. The van der Waals surface area contributed by atoms with Crippen LogP contribution in [0.15, 0.2) is 72.8 Å². The number of hydrogen-bond acceptors (Lipinski definition) is 0. The average molecular weight is 555 g/mol. The molecule has 126 valence electrons. The van der Waals surface area contributed by atoms with Crippen LogP contribution in [0, 0.1) is 39.0 Å². The first-order valence-corrected chi connectivity index (χ1v) is 6.96. The number of aryl methyl sites for hydroxylation is 3. The second kappa shape index (κ2) is 18.8. The van der Waals surface area contributed by atoms with Gasteiger partial charge in [-0.3, -0.25) is 0 Å². The van der Waals surface area contributed by atoms with E-state index in [2.05, 4.69) is 57.2 Å². The molecule has 0 aliphatic carbocycles. The van der Waals surface area contributed by atoms with Crippen LogP contribution in [0.4, 0.5) is 0 Å². The normalized spacial score (nSPS) is 7.62. The molecular weight excluding hydrogens is 534 g/mol. The molecule has 0 spiro atoms. The minimum atomic E-state index is 0. The molecule has 0 bridgehead atoms. The van der Waals surface area contributed by atoms with Crippen LogP contribution in [0.1, 0.15) is 16.7 Å². The number of rotatable bonds is 0. The Morgan fingerprint density at radius 2 is 0.792 bits per heavy atom. The Hall–Kier alpha value is -0.562. The summed E-state index contributed by atoms with van der Waals surface area (Å²) < 4.78 is 0.